The topological polar surface area (TPSA) is 124 Å². The van der Waals surface area contributed by atoms with Gasteiger partial charge >= 0.3 is 6.09 Å². The number of benzene rings is 2. The van der Waals surface area contributed by atoms with Crippen molar-refractivity contribution in [3.05, 3.63) is 90.8 Å². The van der Waals surface area contributed by atoms with Gasteiger partial charge in [-0.3, -0.25) is 5.32 Å². The third-order valence-corrected chi connectivity index (χ3v) is 9.26. The summed E-state index contributed by atoms with van der Waals surface area (Å²) in [4.78, 5) is 28.1. The van der Waals surface area contributed by atoms with Crippen molar-refractivity contribution >= 4 is 27.4 Å². The van der Waals surface area contributed by atoms with Gasteiger partial charge in [0.2, 0.25) is 9.84 Å². The molecule has 1 saturated heterocycles. The van der Waals surface area contributed by atoms with Crippen molar-refractivity contribution in [3.8, 4) is 17.1 Å². The number of hydrogen-bond acceptors (Lipinski definition) is 9. The molecule has 0 unspecified atom stereocenters. The van der Waals surface area contributed by atoms with Gasteiger partial charge in [0.1, 0.15) is 16.3 Å². The molecule has 2 aromatic heterocycles. The first-order valence-electron chi connectivity index (χ1n) is 13.2. The van der Waals surface area contributed by atoms with Gasteiger partial charge in [0.25, 0.3) is 0 Å². The summed E-state index contributed by atoms with van der Waals surface area (Å²) in [6.07, 6.45) is 0.840. The van der Waals surface area contributed by atoms with Crippen LogP contribution in [0.2, 0.25) is 0 Å². The number of nitrogens with zero attached hydrogens (tertiary/aromatic N) is 4. The highest BCUT2D eigenvalue weighted by atomic mass is 32.2. The van der Waals surface area contributed by atoms with E-state index in [0.717, 1.165) is 0 Å². The van der Waals surface area contributed by atoms with E-state index < -0.39 is 20.7 Å². The fourth-order valence-electron chi connectivity index (χ4n) is 4.43. The Morgan fingerprint density at radius 2 is 1.76 bits per heavy atom. The maximum absolute atomic E-state index is 13.7. The van der Waals surface area contributed by atoms with Crippen LogP contribution < -0.4 is 15.0 Å². The van der Waals surface area contributed by atoms with Gasteiger partial charge in [-0.15, -0.1) is 0 Å². The molecule has 1 amide bonds. The Labute approximate surface area is 239 Å². The van der Waals surface area contributed by atoms with Crippen LogP contribution in [-0.2, 0) is 19.3 Å². The number of rotatable bonds is 7. The lowest BCUT2D eigenvalue weighted by atomic mass is 10.1. The summed E-state index contributed by atoms with van der Waals surface area (Å²) in [6, 6.07) is 22.3. The average molecular weight is 574 g/mol. The molecule has 1 fully saturated rings. The smallest absolute Gasteiger partial charge is 0.410 e. The van der Waals surface area contributed by atoms with Gasteiger partial charge in [0, 0.05) is 30.1 Å². The minimum absolute atomic E-state index is 0.0238. The van der Waals surface area contributed by atoms with E-state index in [1.54, 1.807) is 80.6 Å². The first kappa shape index (κ1) is 28.2. The molecule has 41 heavy (non-hydrogen) atoms. The van der Waals surface area contributed by atoms with Crippen LogP contribution in [0.3, 0.4) is 0 Å². The normalized spacial score (nSPS) is 15.8. The highest BCUT2D eigenvalue weighted by Crippen LogP contribution is 2.36. The van der Waals surface area contributed by atoms with Crippen molar-refractivity contribution < 1.29 is 22.7 Å². The van der Waals surface area contributed by atoms with Crippen LogP contribution in [0, 0.1) is 0 Å². The molecule has 0 saturated carbocycles. The number of carbonyl (C=O) groups is 1. The van der Waals surface area contributed by atoms with Crippen LogP contribution in [0.1, 0.15) is 26.5 Å². The van der Waals surface area contributed by atoms with Gasteiger partial charge in [0.05, 0.1) is 24.9 Å². The summed E-state index contributed by atoms with van der Waals surface area (Å²) < 4.78 is 36.9. The third kappa shape index (κ3) is 6.06. The minimum atomic E-state index is -3.90. The standard InChI is InChI=1S/C30H31N5O5S/c1-21-20-39-18-17-35(21)26-19-25(30(2,3)41(37,38)27-11-7-8-16-31-27)33-28(34-26)22-12-14-23(15-13-22)32-29(36)40-24-9-5-4-6-10-24/h4-16,19,21H,17-18,20H2,1-3H3,(H,32,36)/t21-/m0/s1. The van der Waals surface area contributed by atoms with Crippen LogP contribution >= 0.6 is 0 Å². The van der Waals surface area contributed by atoms with Gasteiger partial charge in [0.15, 0.2) is 10.9 Å². The number of nitrogens with one attached hydrogen (secondary N) is 1. The van der Waals surface area contributed by atoms with Gasteiger partial charge in [-0.05, 0) is 69.3 Å². The van der Waals surface area contributed by atoms with Gasteiger partial charge in [-0.25, -0.2) is 28.2 Å². The molecule has 0 aliphatic carbocycles. The molecular weight excluding hydrogens is 542 g/mol. The largest absolute Gasteiger partial charge is 0.417 e. The summed E-state index contributed by atoms with van der Waals surface area (Å²) in [5, 5.41) is 2.68. The molecule has 0 radical (unpaired) electrons. The fraction of sp³-hybridized carbons (Fsp3) is 0.267. The molecule has 10 nitrogen and oxygen atoms in total. The fourth-order valence-corrected chi connectivity index (χ4v) is 5.79. The maximum Gasteiger partial charge on any atom is 0.417 e. The van der Waals surface area contributed by atoms with E-state index in [-0.39, 0.29) is 11.1 Å². The molecule has 11 heteroatoms. The highest BCUT2D eigenvalue weighted by Gasteiger charge is 2.41. The number of ether oxygens (including phenoxy) is 2. The Kier molecular flexibility index (Phi) is 8.00. The van der Waals surface area contributed by atoms with Crippen molar-refractivity contribution in [2.75, 3.05) is 30.0 Å². The lowest BCUT2D eigenvalue weighted by Crippen LogP contribution is -2.44. The Morgan fingerprint density at radius 1 is 1.02 bits per heavy atom. The monoisotopic (exact) mass is 573 g/mol. The number of amides is 1. The number of morpholine rings is 1. The van der Waals surface area contributed by atoms with E-state index in [1.807, 2.05) is 13.0 Å². The predicted molar refractivity (Wildman–Crippen MR) is 156 cm³/mol. The minimum Gasteiger partial charge on any atom is -0.410 e. The second-order valence-electron chi connectivity index (χ2n) is 10.1. The number of pyridine rings is 1. The Hall–Kier alpha value is -4.35. The Bertz CT molecular complexity index is 1610. The Morgan fingerprint density at radius 3 is 2.44 bits per heavy atom. The van der Waals surface area contributed by atoms with E-state index in [0.29, 0.717) is 54.1 Å². The second-order valence-corrected chi connectivity index (χ2v) is 12.6. The summed E-state index contributed by atoms with van der Waals surface area (Å²) in [6.45, 7) is 6.96. The van der Waals surface area contributed by atoms with Crippen molar-refractivity contribution in [1.29, 1.82) is 0 Å². The number of anilines is 2. The van der Waals surface area contributed by atoms with Crippen molar-refractivity contribution in [2.24, 2.45) is 0 Å². The molecule has 1 atom stereocenters. The molecule has 1 N–H and O–H groups in total. The zero-order valence-corrected chi connectivity index (χ0v) is 23.8. The highest BCUT2D eigenvalue weighted by molar-refractivity contribution is 7.92. The maximum atomic E-state index is 13.7. The van der Waals surface area contributed by atoms with Crippen molar-refractivity contribution in [3.63, 3.8) is 0 Å². The lowest BCUT2D eigenvalue weighted by Gasteiger charge is -2.35. The summed E-state index contributed by atoms with van der Waals surface area (Å²) >= 11 is 0. The molecule has 212 valence electrons. The second kappa shape index (κ2) is 11.6. The number of hydrogen-bond donors (Lipinski definition) is 1. The molecular formula is C30H31N5O5S. The van der Waals surface area contributed by atoms with Crippen molar-refractivity contribution in [2.45, 2.75) is 36.6 Å². The summed E-state index contributed by atoms with van der Waals surface area (Å²) in [5.41, 5.74) is 1.52. The molecule has 1 aliphatic rings. The van der Waals surface area contributed by atoms with Crippen LogP contribution in [0.15, 0.2) is 90.1 Å². The predicted octanol–water partition coefficient (Wildman–Crippen LogP) is 5.08. The van der Waals surface area contributed by atoms with Crippen LogP contribution in [0.4, 0.5) is 16.3 Å². The van der Waals surface area contributed by atoms with Gasteiger partial charge in [-0.1, -0.05) is 24.3 Å². The number of para-hydroxylation sites is 1. The van der Waals surface area contributed by atoms with E-state index in [1.165, 1.54) is 12.3 Å². The zero-order chi connectivity index (χ0) is 29.0. The van der Waals surface area contributed by atoms with Crippen LogP contribution in [0.25, 0.3) is 11.4 Å². The SMILES string of the molecule is C[C@H]1COCCN1c1cc(C(C)(C)S(=O)(=O)c2ccccn2)nc(-c2ccc(NC(=O)Oc3ccccc3)cc2)n1. The molecule has 2 aromatic carbocycles. The van der Waals surface area contributed by atoms with E-state index in [2.05, 4.69) is 15.2 Å². The van der Waals surface area contributed by atoms with E-state index in [9.17, 15) is 13.2 Å². The van der Waals surface area contributed by atoms with Crippen LogP contribution in [0.5, 0.6) is 5.75 Å². The van der Waals surface area contributed by atoms with Gasteiger partial charge < -0.3 is 14.4 Å². The Balaban J connectivity index is 1.49. The number of aromatic nitrogens is 3. The molecule has 0 bridgehead atoms. The van der Waals surface area contributed by atoms with E-state index in [4.69, 9.17) is 19.4 Å². The third-order valence-electron chi connectivity index (χ3n) is 6.92. The number of carbonyl (C=O) groups excluding carboxylic acids is 1. The molecule has 3 heterocycles. The molecule has 5 rings (SSSR count). The van der Waals surface area contributed by atoms with Gasteiger partial charge in [-0.2, -0.15) is 0 Å². The zero-order valence-electron chi connectivity index (χ0n) is 23.0. The quantitative estimate of drug-likeness (QED) is 0.322. The molecule has 0 spiro atoms. The average Bonchev–Trinajstić information content (AvgIpc) is 2.98. The summed E-state index contributed by atoms with van der Waals surface area (Å²) in [7, 11) is -3.90. The molecule has 1 aliphatic heterocycles. The van der Waals surface area contributed by atoms with Crippen LogP contribution in [-0.4, -0.2) is 55.3 Å². The summed E-state index contributed by atoms with van der Waals surface area (Å²) in [5.74, 6) is 1.40. The first-order valence-corrected chi connectivity index (χ1v) is 14.7. The molecule has 4 aromatic rings. The van der Waals surface area contributed by atoms with E-state index >= 15 is 0 Å². The first-order chi connectivity index (χ1) is 19.6. The number of sulfone groups is 1. The lowest BCUT2D eigenvalue weighted by molar-refractivity contribution is 0.0985. The van der Waals surface area contributed by atoms with Crippen molar-refractivity contribution in [1.82, 2.24) is 15.0 Å².